The molecule has 232 valence electrons. The van der Waals surface area contributed by atoms with Crippen LogP contribution in [0.5, 0.6) is 5.75 Å². The molecule has 4 heterocycles. The monoisotopic (exact) mass is 662 g/mol. The zero-order valence-corrected chi connectivity index (χ0v) is 26.1. The van der Waals surface area contributed by atoms with Crippen LogP contribution in [-0.4, -0.2) is 81.2 Å². The third-order valence-corrected chi connectivity index (χ3v) is 9.46. The Morgan fingerprint density at radius 2 is 1.93 bits per heavy atom. The number of pyridine rings is 1. The number of aryl methyl sites for hydroxylation is 1. The van der Waals surface area contributed by atoms with E-state index < -0.39 is 33.1 Å². The third kappa shape index (κ3) is 5.95. The fourth-order valence-electron chi connectivity index (χ4n) is 5.11. The third-order valence-electron chi connectivity index (χ3n) is 7.53. The Kier molecular flexibility index (Phi) is 8.33. The summed E-state index contributed by atoms with van der Waals surface area (Å²) in [5, 5.41) is 13.2. The molecule has 0 spiro atoms. The number of aromatic nitrogens is 4. The molecule has 3 aromatic heterocycles. The zero-order valence-electron chi connectivity index (χ0n) is 23.8. The van der Waals surface area contributed by atoms with Crippen molar-refractivity contribution >= 4 is 67.6 Å². The number of amides is 2. The van der Waals surface area contributed by atoms with Gasteiger partial charge in [-0.25, -0.2) is 22.7 Å². The highest BCUT2D eigenvalue weighted by Crippen LogP contribution is 2.36. The maximum atomic E-state index is 13.3. The topological polar surface area (TPSA) is 186 Å². The van der Waals surface area contributed by atoms with Crippen LogP contribution in [-0.2, 0) is 28.4 Å². The average Bonchev–Trinajstić information content (AvgIpc) is 3.58. The Bertz CT molecular complexity index is 1990. The standard InChI is InChI=1S/C27H28Cl2N8O6S/c1-34-13-32-26-23(27(34)41)17(14-6-16(25(30)40)24(39)18(28)7-14)11-37(26)12-22(38)33-20-8-21(31-9-19(20)29)36-5-4-15(10-36)35(2)44(3,42)43/h6-9,11,13,15,39H,4-5,10,12H2,1-3H3,(H2,30,40)(H,31,33,38)/t15-/m1/s1. The number of phenols is 1. The second kappa shape index (κ2) is 11.7. The molecule has 1 atom stereocenters. The molecule has 1 fully saturated rings. The van der Waals surface area contributed by atoms with E-state index in [9.17, 15) is 27.9 Å². The van der Waals surface area contributed by atoms with Crippen LogP contribution in [0.3, 0.4) is 0 Å². The second-order valence-electron chi connectivity index (χ2n) is 10.5. The maximum absolute atomic E-state index is 13.3. The quantitative estimate of drug-likeness (QED) is 0.254. The fourth-order valence-corrected chi connectivity index (χ4v) is 6.19. The summed E-state index contributed by atoms with van der Waals surface area (Å²) >= 11 is 12.5. The van der Waals surface area contributed by atoms with E-state index in [0.717, 1.165) is 6.26 Å². The predicted molar refractivity (Wildman–Crippen MR) is 167 cm³/mol. The largest absolute Gasteiger partial charge is 0.506 e. The van der Waals surface area contributed by atoms with E-state index in [0.29, 0.717) is 42.1 Å². The van der Waals surface area contributed by atoms with Crippen LogP contribution in [0.15, 0.2) is 41.7 Å². The van der Waals surface area contributed by atoms with Crippen LogP contribution in [0, 0.1) is 0 Å². The summed E-state index contributed by atoms with van der Waals surface area (Å²) in [6.45, 7) is 0.706. The number of nitrogens with one attached hydrogen (secondary N) is 1. The van der Waals surface area contributed by atoms with Gasteiger partial charge in [0.05, 0.1) is 45.5 Å². The summed E-state index contributed by atoms with van der Waals surface area (Å²) in [5.41, 5.74) is 5.87. The highest BCUT2D eigenvalue weighted by Gasteiger charge is 2.31. The highest BCUT2D eigenvalue weighted by atomic mass is 35.5. The van der Waals surface area contributed by atoms with Crippen LogP contribution in [0.1, 0.15) is 16.8 Å². The van der Waals surface area contributed by atoms with Gasteiger partial charge in [-0.3, -0.25) is 14.4 Å². The van der Waals surface area contributed by atoms with Crippen molar-refractivity contribution in [3.05, 3.63) is 62.9 Å². The van der Waals surface area contributed by atoms with Gasteiger partial charge in [0, 0.05) is 51.1 Å². The Labute approximate surface area is 261 Å². The number of hydrogen-bond donors (Lipinski definition) is 3. The molecule has 0 saturated carbocycles. The summed E-state index contributed by atoms with van der Waals surface area (Å²) in [5.74, 6) is -1.38. The van der Waals surface area contributed by atoms with Crippen molar-refractivity contribution in [3.8, 4) is 16.9 Å². The minimum atomic E-state index is -3.36. The molecule has 0 bridgehead atoms. The lowest BCUT2D eigenvalue weighted by Crippen LogP contribution is -2.38. The van der Waals surface area contributed by atoms with Crippen LogP contribution >= 0.6 is 23.2 Å². The number of fused-ring (bicyclic) bond motifs is 1. The molecule has 0 aliphatic carbocycles. The number of carbonyl (C=O) groups is 2. The Hall–Kier alpha value is -4.18. The molecular weight excluding hydrogens is 635 g/mol. The van der Waals surface area contributed by atoms with Crippen molar-refractivity contribution in [2.24, 2.45) is 12.8 Å². The molecule has 1 aliphatic heterocycles. The van der Waals surface area contributed by atoms with Gasteiger partial charge in [-0.2, -0.15) is 0 Å². The van der Waals surface area contributed by atoms with Crippen molar-refractivity contribution in [2.75, 3.05) is 36.6 Å². The van der Waals surface area contributed by atoms with Crippen molar-refractivity contribution in [2.45, 2.75) is 19.0 Å². The number of aromatic hydroxyl groups is 1. The molecule has 2 amide bonds. The van der Waals surface area contributed by atoms with Gasteiger partial charge < -0.3 is 30.2 Å². The number of carbonyl (C=O) groups excluding carboxylic acids is 2. The van der Waals surface area contributed by atoms with Crippen LogP contribution in [0.25, 0.3) is 22.2 Å². The summed E-state index contributed by atoms with van der Waals surface area (Å²) in [6.07, 6.45) is 6.01. The molecule has 4 N–H and O–H groups in total. The summed E-state index contributed by atoms with van der Waals surface area (Å²) < 4.78 is 28.0. The zero-order chi connectivity index (χ0) is 32.1. The average molecular weight is 664 g/mol. The van der Waals surface area contributed by atoms with Gasteiger partial charge in [0.15, 0.2) is 0 Å². The van der Waals surface area contributed by atoms with Gasteiger partial charge in [0.2, 0.25) is 15.9 Å². The number of sulfonamides is 1. The summed E-state index contributed by atoms with van der Waals surface area (Å²) in [7, 11) is -0.298. The number of rotatable bonds is 8. The number of hydrogen-bond acceptors (Lipinski definition) is 9. The number of nitrogens with zero attached hydrogens (tertiary/aromatic N) is 6. The first-order valence-corrected chi connectivity index (χ1v) is 15.8. The molecule has 1 aromatic carbocycles. The number of anilines is 2. The summed E-state index contributed by atoms with van der Waals surface area (Å²) in [4.78, 5) is 49.0. The molecule has 5 rings (SSSR count). The predicted octanol–water partition coefficient (Wildman–Crippen LogP) is 2.02. The molecule has 1 saturated heterocycles. The van der Waals surface area contributed by atoms with Gasteiger partial charge >= 0.3 is 0 Å². The van der Waals surface area contributed by atoms with E-state index in [1.807, 2.05) is 4.90 Å². The van der Waals surface area contributed by atoms with Gasteiger partial charge in [-0.05, 0) is 24.1 Å². The smallest absolute Gasteiger partial charge is 0.263 e. The minimum absolute atomic E-state index is 0.147. The second-order valence-corrected chi connectivity index (χ2v) is 13.3. The van der Waals surface area contributed by atoms with E-state index in [2.05, 4.69) is 15.3 Å². The molecule has 0 unspecified atom stereocenters. The Balaban J connectivity index is 1.44. The highest BCUT2D eigenvalue weighted by molar-refractivity contribution is 7.88. The number of likely N-dealkylation sites (N-methyl/N-ethyl adjacent to an activating group) is 1. The number of primary amides is 1. The van der Waals surface area contributed by atoms with Gasteiger partial charge in [-0.15, -0.1) is 0 Å². The first kappa shape index (κ1) is 31.3. The lowest BCUT2D eigenvalue weighted by Gasteiger charge is -2.23. The van der Waals surface area contributed by atoms with Gasteiger partial charge in [0.1, 0.15) is 23.8 Å². The lowest BCUT2D eigenvalue weighted by molar-refractivity contribution is -0.116. The van der Waals surface area contributed by atoms with Crippen LogP contribution in [0.4, 0.5) is 11.5 Å². The molecule has 4 aromatic rings. The Morgan fingerprint density at radius 1 is 1.20 bits per heavy atom. The number of benzene rings is 1. The van der Waals surface area contributed by atoms with Crippen LogP contribution < -0.4 is 21.5 Å². The van der Waals surface area contributed by atoms with Crippen LogP contribution in [0.2, 0.25) is 10.0 Å². The fraction of sp³-hybridized carbons (Fsp3) is 0.296. The number of nitrogens with two attached hydrogens (primary N) is 1. The maximum Gasteiger partial charge on any atom is 0.263 e. The van der Waals surface area contributed by atoms with Crippen molar-refractivity contribution in [3.63, 3.8) is 0 Å². The van der Waals surface area contributed by atoms with Gasteiger partial charge in [0.25, 0.3) is 11.5 Å². The molecule has 17 heteroatoms. The van der Waals surface area contributed by atoms with E-state index in [4.69, 9.17) is 28.9 Å². The van der Waals surface area contributed by atoms with Gasteiger partial charge in [-0.1, -0.05) is 23.2 Å². The van der Waals surface area contributed by atoms with Crippen molar-refractivity contribution < 1.29 is 23.1 Å². The minimum Gasteiger partial charge on any atom is -0.506 e. The van der Waals surface area contributed by atoms with E-state index in [-0.39, 0.29) is 39.2 Å². The molecule has 44 heavy (non-hydrogen) atoms. The van der Waals surface area contributed by atoms with E-state index in [1.165, 1.54) is 51.3 Å². The normalized spacial score (nSPS) is 15.3. The van der Waals surface area contributed by atoms with E-state index >= 15 is 0 Å². The lowest BCUT2D eigenvalue weighted by atomic mass is 10.0. The summed E-state index contributed by atoms with van der Waals surface area (Å²) in [6, 6.07) is 4.08. The molecular formula is C27H28Cl2N8O6S. The van der Waals surface area contributed by atoms with E-state index in [1.54, 1.807) is 13.1 Å². The Morgan fingerprint density at radius 3 is 2.61 bits per heavy atom. The number of halogens is 2. The molecule has 1 aliphatic rings. The molecule has 0 radical (unpaired) electrons. The van der Waals surface area contributed by atoms with Crippen molar-refractivity contribution in [1.29, 1.82) is 0 Å². The first-order valence-electron chi connectivity index (χ1n) is 13.2. The molecule has 14 nitrogen and oxygen atoms in total. The SMILES string of the molecule is CN([C@@H]1CCN(c2cc(NC(=O)Cn3cc(-c4cc(Cl)c(O)c(C(N)=O)c4)c4c(=O)n(C)cnc43)c(Cl)cn2)C1)S(C)(=O)=O. The van der Waals surface area contributed by atoms with Crippen molar-refractivity contribution in [1.82, 2.24) is 23.4 Å². The first-order chi connectivity index (χ1) is 20.6.